The predicted molar refractivity (Wildman–Crippen MR) is 245 cm³/mol. The molecular formula is C53H75FO7. The highest BCUT2D eigenvalue weighted by molar-refractivity contribution is 5.86. The SMILES string of the molecule is C=C(C)C(=O)OCCCc1cc(-c2ccc(-c3ccc(C4CCC(CCCCC)CC4)cc3)cc2F)cc(CCCOC(=O)C(C)(C)C)c1OCCC(CO)(CO)CCCC. The fourth-order valence-electron chi connectivity index (χ4n) is 8.42. The van der Waals surface area contributed by atoms with Crippen LogP contribution < -0.4 is 4.74 Å². The second-order valence-corrected chi connectivity index (χ2v) is 18.7. The number of aliphatic hydroxyl groups is 2. The summed E-state index contributed by atoms with van der Waals surface area (Å²) in [5, 5.41) is 20.6. The van der Waals surface area contributed by atoms with Crippen molar-refractivity contribution in [1.82, 2.24) is 0 Å². The van der Waals surface area contributed by atoms with E-state index in [0.717, 1.165) is 41.0 Å². The van der Waals surface area contributed by atoms with Crippen molar-refractivity contribution in [3.8, 4) is 28.0 Å². The van der Waals surface area contributed by atoms with E-state index in [9.17, 15) is 19.8 Å². The van der Waals surface area contributed by atoms with Crippen LogP contribution in [0.4, 0.5) is 4.39 Å². The van der Waals surface area contributed by atoms with Gasteiger partial charge in [-0.2, -0.15) is 0 Å². The second-order valence-electron chi connectivity index (χ2n) is 18.7. The van der Waals surface area contributed by atoms with Crippen LogP contribution in [0.15, 0.2) is 66.7 Å². The Bertz CT molecular complexity index is 1830. The van der Waals surface area contributed by atoms with Crippen molar-refractivity contribution >= 4 is 11.9 Å². The first kappa shape index (κ1) is 49.6. The van der Waals surface area contributed by atoms with Crippen LogP contribution in [-0.2, 0) is 31.9 Å². The van der Waals surface area contributed by atoms with Gasteiger partial charge in [-0.05, 0) is 155 Å². The minimum Gasteiger partial charge on any atom is -0.493 e. The summed E-state index contributed by atoms with van der Waals surface area (Å²) in [5.41, 5.74) is 4.99. The third-order valence-corrected chi connectivity index (χ3v) is 12.5. The number of carbonyl (C=O) groups is 2. The summed E-state index contributed by atoms with van der Waals surface area (Å²) < 4.78 is 34.0. The van der Waals surface area contributed by atoms with Crippen LogP contribution in [0, 0.1) is 22.6 Å². The van der Waals surface area contributed by atoms with Crippen molar-refractivity contribution < 1.29 is 38.4 Å². The minimum absolute atomic E-state index is 0.154. The first-order valence-corrected chi connectivity index (χ1v) is 23.1. The molecule has 1 aliphatic rings. The van der Waals surface area contributed by atoms with E-state index in [-0.39, 0.29) is 44.8 Å². The lowest BCUT2D eigenvalue weighted by atomic mass is 9.77. The van der Waals surface area contributed by atoms with Gasteiger partial charge < -0.3 is 24.4 Å². The van der Waals surface area contributed by atoms with Crippen molar-refractivity contribution in [1.29, 1.82) is 0 Å². The molecule has 4 rings (SSSR count). The van der Waals surface area contributed by atoms with Crippen LogP contribution in [0.5, 0.6) is 5.75 Å². The van der Waals surface area contributed by atoms with Gasteiger partial charge in [0.15, 0.2) is 0 Å². The van der Waals surface area contributed by atoms with Crippen LogP contribution in [0.25, 0.3) is 22.3 Å². The molecule has 0 aliphatic heterocycles. The summed E-state index contributed by atoms with van der Waals surface area (Å²) in [6, 6.07) is 18.0. The largest absolute Gasteiger partial charge is 0.493 e. The average molecular weight is 843 g/mol. The molecule has 7 nitrogen and oxygen atoms in total. The van der Waals surface area contributed by atoms with Gasteiger partial charge in [0, 0.05) is 16.6 Å². The van der Waals surface area contributed by atoms with Crippen molar-refractivity contribution in [3.05, 3.63) is 89.3 Å². The summed E-state index contributed by atoms with van der Waals surface area (Å²) in [5.74, 6) is 1.01. The van der Waals surface area contributed by atoms with Crippen molar-refractivity contribution in [2.24, 2.45) is 16.7 Å². The lowest BCUT2D eigenvalue weighted by Gasteiger charge is -2.30. The summed E-state index contributed by atoms with van der Waals surface area (Å²) in [6.07, 6.45) is 15.3. The van der Waals surface area contributed by atoms with Gasteiger partial charge in [-0.15, -0.1) is 0 Å². The van der Waals surface area contributed by atoms with Crippen LogP contribution in [-0.4, -0.2) is 55.2 Å². The van der Waals surface area contributed by atoms with Gasteiger partial charge >= 0.3 is 11.9 Å². The van der Waals surface area contributed by atoms with E-state index in [0.29, 0.717) is 66.9 Å². The first-order valence-electron chi connectivity index (χ1n) is 23.1. The van der Waals surface area contributed by atoms with Crippen molar-refractivity contribution in [3.63, 3.8) is 0 Å². The summed E-state index contributed by atoms with van der Waals surface area (Å²) in [7, 11) is 0. The zero-order valence-corrected chi connectivity index (χ0v) is 38.2. The molecular weight excluding hydrogens is 768 g/mol. The van der Waals surface area contributed by atoms with Crippen molar-refractivity contribution in [2.45, 2.75) is 150 Å². The molecule has 2 N–H and O–H groups in total. The van der Waals surface area contributed by atoms with Crippen LogP contribution in [0.2, 0.25) is 0 Å². The van der Waals surface area contributed by atoms with E-state index < -0.39 is 16.8 Å². The van der Waals surface area contributed by atoms with E-state index in [1.54, 1.807) is 13.0 Å². The quantitative estimate of drug-likeness (QED) is 0.0497. The number of ether oxygens (including phenoxy) is 3. The Kier molecular flexibility index (Phi) is 20.0. The minimum atomic E-state index is -0.674. The highest BCUT2D eigenvalue weighted by atomic mass is 19.1. The Balaban J connectivity index is 1.63. The van der Waals surface area contributed by atoms with E-state index in [4.69, 9.17) is 14.2 Å². The molecule has 0 radical (unpaired) electrons. The normalized spacial score (nSPS) is 15.7. The number of unbranched alkanes of at least 4 members (excludes halogenated alkanes) is 3. The third kappa shape index (κ3) is 15.1. The molecule has 0 atom stereocenters. The van der Waals surface area contributed by atoms with E-state index >= 15 is 4.39 Å². The number of aliphatic hydroxyl groups excluding tert-OH is 2. The smallest absolute Gasteiger partial charge is 0.333 e. The molecule has 8 heteroatoms. The second kappa shape index (κ2) is 24.6. The Morgan fingerprint density at radius 2 is 1.34 bits per heavy atom. The van der Waals surface area contributed by atoms with Gasteiger partial charge in [-0.25, -0.2) is 9.18 Å². The summed E-state index contributed by atoms with van der Waals surface area (Å²) in [6.45, 7) is 15.4. The maximum Gasteiger partial charge on any atom is 0.333 e. The first-order chi connectivity index (χ1) is 29.2. The Labute approximate surface area is 366 Å². The van der Waals surface area contributed by atoms with Crippen LogP contribution in [0.3, 0.4) is 0 Å². The molecule has 0 bridgehead atoms. The number of hydrogen-bond donors (Lipinski definition) is 2. The van der Waals surface area contributed by atoms with E-state index in [1.807, 2.05) is 45.0 Å². The number of esters is 2. The number of halogens is 1. The lowest BCUT2D eigenvalue weighted by Crippen LogP contribution is -2.32. The zero-order chi connectivity index (χ0) is 44.4. The van der Waals surface area contributed by atoms with Gasteiger partial charge in [0.1, 0.15) is 11.6 Å². The molecule has 61 heavy (non-hydrogen) atoms. The van der Waals surface area contributed by atoms with E-state index in [1.165, 1.54) is 56.9 Å². The third-order valence-electron chi connectivity index (χ3n) is 12.5. The number of hydrogen-bond acceptors (Lipinski definition) is 7. The molecule has 0 aromatic heterocycles. The van der Waals surface area contributed by atoms with Crippen LogP contribution in [0.1, 0.15) is 154 Å². The molecule has 3 aromatic carbocycles. The Morgan fingerprint density at radius 3 is 1.90 bits per heavy atom. The van der Waals surface area contributed by atoms with Gasteiger partial charge in [0.05, 0.1) is 38.4 Å². The highest BCUT2D eigenvalue weighted by Crippen LogP contribution is 2.40. The molecule has 1 fully saturated rings. The van der Waals surface area contributed by atoms with Crippen molar-refractivity contribution in [2.75, 3.05) is 33.0 Å². The highest BCUT2D eigenvalue weighted by Gasteiger charge is 2.29. The standard InChI is InChI=1S/C53H75FO7/c1-8-10-12-15-39-18-20-40(21-19-39)41-22-24-42(25-23-41)43-26-27-47(48(54)35-43)46-33-44(16-13-30-60-50(57)38(3)4)49(59-32-29-53(36-55,37-56)28-11-9-2)45(34-46)17-14-31-61-51(58)52(5,6)7/h22-27,33-35,39-40,55-56H,3,8-21,28-32,36-37H2,1-2,4-7H3. The summed E-state index contributed by atoms with van der Waals surface area (Å²) >= 11 is 0. The fraction of sp³-hybridized carbons (Fsp3) is 0.585. The molecule has 0 saturated heterocycles. The molecule has 0 spiro atoms. The van der Waals surface area contributed by atoms with Crippen LogP contribution >= 0.6 is 0 Å². The predicted octanol–water partition coefficient (Wildman–Crippen LogP) is 12.5. The number of benzene rings is 3. The molecule has 0 heterocycles. The Morgan fingerprint density at radius 1 is 0.738 bits per heavy atom. The number of aryl methyl sites for hydroxylation is 2. The molecule has 1 saturated carbocycles. The fourth-order valence-corrected chi connectivity index (χ4v) is 8.42. The summed E-state index contributed by atoms with van der Waals surface area (Å²) in [4.78, 5) is 24.8. The van der Waals surface area contributed by atoms with Gasteiger partial charge in [-0.3, -0.25) is 4.79 Å². The maximum absolute atomic E-state index is 16.4. The van der Waals surface area contributed by atoms with Gasteiger partial charge in [-0.1, -0.05) is 95.3 Å². The maximum atomic E-state index is 16.4. The zero-order valence-electron chi connectivity index (χ0n) is 38.2. The molecule has 0 amide bonds. The monoisotopic (exact) mass is 843 g/mol. The number of rotatable bonds is 25. The molecule has 336 valence electrons. The van der Waals surface area contributed by atoms with Gasteiger partial charge in [0.25, 0.3) is 0 Å². The molecule has 1 aliphatic carbocycles. The van der Waals surface area contributed by atoms with Gasteiger partial charge in [0.2, 0.25) is 0 Å². The average Bonchev–Trinajstić information content (AvgIpc) is 3.25. The number of carbonyl (C=O) groups excluding carboxylic acids is 2. The topological polar surface area (TPSA) is 102 Å². The molecule has 0 unspecified atom stereocenters. The Hall–Kier alpha value is -4.01. The lowest BCUT2D eigenvalue weighted by molar-refractivity contribution is -0.153. The molecule has 3 aromatic rings. The van der Waals surface area contributed by atoms with E-state index in [2.05, 4.69) is 44.7 Å².